The summed E-state index contributed by atoms with van der Waals surface area (Å²) in [4.78, 5) is 23.5. The standard InChI is InChI=1S/C9H15NO4/c1-13-6-7-14-5-4-10-8(11)2-3-9(10)12/h2-7H2,1H3. The number of amides is 2. The van der Waals surface area contributed by atoms with Gasteiger partial charge >= 0.3 is 0 Å². The molecule has 1 rings (SSSR count). The van der Waals surface area contributed by atoms with Crippen LogP contribution in [0.25, 0.3) is 0 Å². The predicted octanol–water partition coefficient (Wildman–Crippen LogP) is -0.202. The number of hydrogen-bond acceptors (Lipinski definition) is 4. The fraction of sp³-hybridized carbons (Fsp3) is 0.778. The number of carbonyl (C=O) groups excluding carboxylic acids is 2. The van der Waals surface area contributed by atoms with Crippen molar-refractivity contribution >= 4 is 11.8 Å². The Hall–Kier alpha value is -0.940. The minimum absolute atomic E-state index is 0.0923. The van der Waals surface area contributed by atoms with Crippen LogP contribution in [0.3, 0.4) is 0 Å². The van der Waals surface area contributed by atoms with Gasteiger partial charge in [0.05, 0.1) is 26.4 Å². The molecule has 80 valence electrons. The lowest BCUT2D eigenvalue weighted by molar-refractivity contribution is -0.139. The number of imide groups is 1. The molecule has 0 aromatic carbocycles. The van der Waals surface area contributed by atoms with Crippen molar-refractivity contribution in [2.75, 3.05) is 33.5 Å². The van der Waals surface area contributed by atoms with Crippen LogP contribution in [0.15, 0.2) is 0 Å². The van der Waals surface area contributed by atoms with Crippen LogP contribution in [0.1, 0.15) is 12.8 Å². The monoisotopic (exact) mass is 201 g/mol. The lowest BCUT2D eigenvalue weighted by Crippen LogP contribution is -2.32. The van der Waals surface area contributed by atoms with E-state index in [1.54, 1.807) is 7.11 Å². The normalized spacial score (nSPS) is 16.8. The third-order valence-electron chi connectivity index (χ3n) is 2.05. The van der Waals surface area contributed by atoms with Gasteiger partial charge in [0.25, 0.3) is 0 Å². The third-order valence-corrected chi connectivity index (χ3v) is 2.05. The quantitative estimate of drug-likeness (QED) is 0.441. The fourth-order valence-electron chi connectivity index (χ4n) is 1.27. The number of methoxy groups -OCH3 is 1. The maximum Gasteiger partial charge on any atom is 0.229 e. The van der Waals surface area contributed by atoms with Gasteiger partial charge in [-0.05, 0) is 0 Å². The molecule has 1 fully saturated rings. The molecular weight excluding hydrogens is 186 g/mol. The summed E-state index contributed by atoms with van der Waals surface area (Å²) in [6.07, 6.45) is 0.688. The average Bonchev–Trinajstić information content (AvgIpc) is 2.48. The SMILES string of the molecule is COCCOCCN1C(=O)CCC1=O. The van der Waals surface area contributed by atoms with Crippen LogP contribution in [-0.2, 0) is 19.1 Å². The van der Waals surface area contributed by atoms with Crippen LogP contribution in [-0.4, -0.2) is 50.2 Å². The highest BCUT2D eigenvalue weighted by Crippen LogP contribution is 2.10. The van der Waals surface area contributed by atoms with Crippen molar-refractivity contribution in [2.45, 2.75) is 12.8 Å². The summed E-state index contributed by atoms with van der Waals surface area (Å²) in [5.74, 6) is -0.185. The van der Waals surface area contributed by atoms with Gasteiger partial charge in [-0.3, -0.25) is 14.5 Å². The van der Waals surface area contributed by atoms with E-state index in [1.165, 1.54) is 4.90 Å². The van der Waals surface area contributed by atoms with Crippen LogP contribution >= 0.6 is 0 Å². The number of likely N-dealkylation sites (tertiary alicyclic amines) is 1. The Kier molecular flexibility index (Phi) is 4.55. The van der Waals surface area contributed by atoms with E-state index in [0.717, 1.165) is 0 Å². The summed E-state index contributed by atoms with van der Waals surface area (Å²) in [5, 5.41) is 0. The molecule has 0 unspecified atom stereocenters. The van der Waals surface area contributed by atoms with Crippen LogP contribution in [0.5, 0.6) is 0 Å². The number of carbonyl (C=O) groups is 2. The van der Waals surface area contributed by atoms with Gasteiger partial charge in [0.1, 0.15) is 0 Å². The lowest BCUT2D eigenvalue weighted by atomic mass is 10.4. The van der Waals surface area contributed by atoms with Crippen molar-refractivity contribution in [3.05, 3.63) is 0 Å². The third kappa shape index (κ3) is 3.08. The van der Waals surface area contributed by atoms with E-state index in [-0.39, 0.29) is 11.8 Å². The summed E-state index contributed by atoms with van der Waals surface area (Å²) in [6, 6.07) is 0. The zero-order chi connectivity index (χ0) is 10.4. The second-order valence-electron chi connectivity index (χ2n) is 3.04. The van der Waals surface area contributed by atoms with Gasteiger partial charge in [0, 0.05) is 20.0 Å². The smallest absolute Gasteiger partial charge is 0.229 e. The van der Waals surface area contributed by atoms with Gasteiger partial charge in [-0.15, -0.1) is 0 Å². The van der Waals surface area contributed by atoms with Gasteiger partial charge in [0.2, 0.25) is 11.8 Å². The van der Waals surface area contributed by atoms with E-state index >= 15 is 0 Å². The van der Waals surface area contributed by atoms with Crippen LogP contribution in [0.2, 0.25) is 0 Å². The Morgan fingerprint density at radius 1 is 1.14 bits per heavy atom. The summed E-state index contributed by atoms with van der Waals surface area (Å²) < 4.78 is 9.95. The van der Waals surface area contributed by atoms with E-state index in [0.29, 0.717) is 39.2 Å². The Labute approximate surface area is 83.0 Å². The molecule has 5 nitrogen and oxygen atoms in total. The van der Waals surface area contributed by atoms with Gasteiger partial charge in [-0.2, -0.15) is 0 Å². The van der Waals surface area contributed by atoms with E-state index in [1.807, 2.05) is 0 Å². The second-order valence-corrected chi connectivity index (χ2v) is 3.04. The minimum atomic E-state index is -0.0923. The molecule has 1 heterocycles. The molecule has 2 amide bonds. The van der Waals surface area contributed by atoms with Gasteiger partial charge in [0.15, 0.2) is 0 Å². The molecule has 1 aliphatic rings. The average molecular weight is 201 g/mol. The molecule has 1 aliphatic heterocycles. The van der Waals surface area contributed by atoms with E-state index in [9.17, 15) is 9.59 Å². The first-order valence-corrected chi connectivity index (χ1v) is 4.65. The zero-order valence-electron chi connectivity index (χ0n) is 8.32. The first-order valence-electron chi connectivity index (χ1n) is 4.65. The summed E-state index contributed by atoms with van der Waals surface area (Å²) in [7, 11) is 1.59. The highest BCUT2D eigenvalue weighted by Gasteiger charge is 2.27. The van der Waals surface area contributed by atoms with Crippen LogP contribution in [0.4, 0.5) is 0 Å². The highest BCUT2D eigenvalue weighted by atomic mass is 16.5. The van der Waals surface area contributed by atoms with Gasteiger partial charge in [-0.25, -0.2) is 0 Å². The highest BCUT2D eigenvalue weighted by molar-refractivity contribution is 6.01. The van der Waals surface area contributed by atoms with Gasteiger partial charge < -0.3 is 9.47 Å². The summed E-state index contributed by atoms with van der Waals surface area (Å²) in [5.41, 5.74) is 0. The van der Waals surface area contributed by atoms with Crippen molar-refractivity contribution in [1.82, 2.24) is 4.90 Å². The molecule has 14 heavy (non-hydrogen) atoms. The Balaban J connectivity index is 2.11. The van der Waals surface area contributed by atoms with Crippen molar-refractivity contribution in [3.63, 3.8) is 0 Å². The van der Waals surface area contributed by atoms with Crippen LogP contribution < -0.4 is 0 Å². The van der Waals surface area contributed by atoms with E-state index in [2.05, 4.69) is 0 Å². The van der Waals surface area contributed by atoms with Crippen molar-refractivity contribution in [3.8, 4) is 0 Å². The summed E-state index contributed by atoms with van der Waals surface area (Å²) >= 11 is 0. The van der Waals surface area contributed by atoms with Gasteiger partial charge in [-0.1, -0.05) is 0 Å². The lowest BCUT2D eigenvalue weighted by Gasteiger charge is -2.13. The zero-order valence-corrected chi connectivity index (χ0v) is 8.32. The largest absolute Gasteiger partial charge is 0.382 e. The number of hydrogen-bond donors (Lipinski definition) is 0. The first-order chi connectivity index (χ1) is 6.75. The number of ether oxygens (including phenoxy) is 2. The molecule has 5 heteroatoms. The first kappa shape index (κ1) is 11.1. The molecule has 0 bridgehead atoms. The predicted molar refractivity (Wildman–Crippen MR) is 48.6 cm³/mol. The Bertz CT molecular complexity index is 201. The maximum absolute atomic E-state index is 11.1. The maximum atomic E-state index is 11.1. The van der Waals surface area contributed by atoms with Crippen molar-refractivity contribution < 1.29 is 19.1 Å². The Morgan fingerprint density at radius 3 is 2.36 bits per heavy atom. The molecule has 0 N–H and O–H groups in total. The van der Waals surface area contributed by atoms with E-state index in [4.69, 9.17) is 9.47 Å². The fourth-order valence-corrected chi connectivity index (χ4v) is 1.27. The molecule has 0 atom stereocenters. The summed E-state index contributed by atoms with van der Waals surface area (Å²) in [6.45, 7) is 1.77. The molecule has 0 saturated carbocycles. The molecule has 0 aromatic heterocycles. The Morgan fingerprint density at radius 2 is 1.79 bits per heavy atom. The number of nitrogens with zero attached hydrogens (tertiary/aromatic N) is 1. The topological polar surface area (TPSA) is 55.8 Å². The molecular formula is C9H15NO4. The molecule has 0 aromatic rings. The molecule has 1 saturated heterocycles. The molecule has 0 aliphatic carbocycles. The molecule has 0 spiro atoms. The van der Waals surface area contributed by atoms with Crippen molar-refractivity contribution in [2.24, 2.45) is 0 Å². The van der Waals surface area contributed by atoms with Crippen molar-refractivity contribution in [1.29, 1.82) is 0 Å². The second kappa shape index (κ2) is 5.72. The number of rotatable bonds is 6. The van der Waals surface area contributed by atoms with Crippen LogP contribution in [0, 0.1) is 0 Å². The minimum Gasteiger partial charge on any atom is -0.382 e. The van der Waals surface area contributed by atoms with E-state index < -0.39 is 0 Å². The molecule has 0 radical (unpaired) electrons.